The van der Waals surface area contributed by atoms with Gasteiger partial charge in [-0.15, -0.1) is 0 Å². The van der Waals surface area contributed by atoms with Gasteiger partial charge in [0, 0.05) is 20.1 Å². The lowest BCUT2D eigenvalue weighted by Crippen LogP contribution is -2.35. The predicted octanol–water partition coefficient (Wildman–Crippen LogP) is 3.89. The van der Waals surface area contributed by atoms with E-state index in [2.05, 4.69) is 0 Å². The average molecular weight is 541 g/mol. The predicted molar refractivity (Wildman–Crippen MR) is 144 cm³/mol. The van der Waals surface area contributed by atoms with Crippen LogP contribution in [0.3, 0.4) is 0 Å². The summed E-state index contributed by atoms with van der Waals surface area (Å²) in [5, 5.41) is 0. The minimum Gasteiger partial charge on any atom is -0.493 e. The molecule has 1 aliphatic rings. The standard InChI is InChI=1S/C28H32N2O7S/c1-29(18-20-16-25(34-2)28(36-4)26(17-20)35-3)27(31)19-37-22-11-13-23(14-12-22)38(32,33)30-15-7-9-21-8-5-6-10-24(21)30/h5-6,8,10-14,16-17H,7,9,15,18-19H2,1-4H3. The van der Waals surface area contributed by atoms with Crippen molar-refractivity contribution in [1.29, 1.82) is 0 Å². The topological polar surface area (TPSA) is 94.6 Å². The van der Waals surface area contributed by atoms with E-state index in [1.54, 1.807) is 31.3 Å². The second kappa shape index (κ2) is 11.6. The van der Waals surface area contributed by atoms with E-state index in [0.29, 0.717) is 36.1 Å². The lowest BCUT2D eigenvalue weighted by Gasteiger charge is -2.30. The van der Waals surface area contributed by atoms with Gasteiger partial charge in [-0.25, -0.2) is 8.42 Å². The molecule has 0 radical (unpaired) electrons. The SMILES string of the molecule is COc1cc(CN(C)C(=O)COc2ccc(S(=O)(=O)N3CCCc4ccccc43)cc2)cc(OC)c1OC. The summed E-state index contributed by atoms with van der Waals surface area (Å²) in [6, 6.07) is 17.3. The molecule has 202 valence electrons. The van der Waals surface area contributed by atoms with Gasteiger partial charge in [0.1, 0.15) is 5.75 Å². The lowest BCUT2D eigenvalue weighted by molar-refractivity contribution is -0.132. The van der Waals surface area contributed by atoms with E-state index in [4.69, 9.17) is 18.9 Å². The second-order valence-electron chi connectivity index (χ2n) is 8.85. The third-order valence-electron chi connectivity index (χ3n) is 6.41. The van der Waals surface area contributed by atoms with Gasteiger partial charge in [0.15, 0.2) is 18.1 Å². The molecule has 0 unspecified atom stereocenters. The monoisotopic (exact) mass is 540 g/mol. The first-order chi connectivity index (χ1) is 18.3. The van der Waals surface area contributed by atoms with Crippen molar-refractivity contribution in [2.45, 2.75) is 24.3 Å². The molecule has 0 atom stereocenters. The average Bonchev–Trinajstić information content (AvgIpc) is 2.95. The number of para-hydroxylation sites is 1. The number of amides is 1. The highest BCUT2D eigenvalue weighted by Crippen LogP contribution is 2.38. The number of rotatable bonds is 10. The molecule has 9 nitrogen and oxygen atoms in total. The van der Waals surface area contributed by atoms with Gasteiger partial charge in [-0.3, -0.25) is 9.10 Å². The minimum absolute atomic E-state index is 0.174. The van der Waals surface area contributed by atoms with Gasteiger partial charge in [-0.05, 0) is 66.4 Å². The molecule has 3 aromatic carbocycles. The fraction of sp³-hybridized carbons (Fsp3) is 0.321. The summed E-state index contributed by atoms with van der Waals surface area (Å²) in [6.07, 6.45) is 1.63. The lowest BCUT2D eigenvalue weighted by atomic mass is 10.0. The number of fused-ring (bicyclic) bond motifs is 1. The molecule has 0 saturated carbocycles. The van der Waals surface area contributed by atoms with Crippen molar-refractivity contribution >= 4 is 21.6 Å². The Kier molecular flexibility index (Phi) is 8.31. The summed E-state index contributed by atoms with van der Waals surface area (Å²) in [5.74, 6) is 1.63. The Morgan fingerprint density at radius 3 is 2.24 bits per heavy atom. The third-order valence-corrected chi connectivity index (χ3v) is 8.24. The molecule has 1 aliphatic heterocycles. The zero-order valence-corrected chi connectivity index (χ0v) is 22.8. The number of benzene rings is 3. The molecule has 4 rings (SSSR count). The first-order valence-corrected chi connectivity index (χ1v) is 13.6. The van der Waals surface area contributed by atoms with Gasteiger partial charge in [-0.1, -0.05) is 18.2 Å². The van der Waals surface area contributed by atoms with E-state index >= 15 is 0 Å². The Morgan fingerprint density at radius 2 is 1.61 bits per heavy atom. The number of aryl methyl sites for hydroxylation is 1. The van der Waals surface area contributed by atoms with Crippen LogP contribution in [0.4, 0.5) is 5.69 Å². The van der Waals surface area contributed by atoms with Gasteiger partial charge >= 0.3 is 0 Å². The largest absolute Gasteiger partial charge is 0.493 e. The first-order valence-electron chi connectivity index (χ1n) is 12.1. The fourth-order valence-electron chi connectivity index (χ4n) is 4.43. The number of nitrogens with zero attached hydrogens (tertiary/aromatic N) is 2. The summed E-state index contributed by atoms with van der Waals surface area (Å²) in [7, 11) is 2.55. The van der Waals surface area contributed by atoms with Crippen molar-refractivity contribution < 1.29 is 32.2 Å². The zero-order valence-electron chi connectivity index (χ0n) is 22.0. The quantitative estimate of drug-likeness (QED) is 0.385. The summed E-state index contributed by atoms with van der Waals surface area (Å²) in [5.41, 5.74) is 2.54. The van der Waals surface area contributed by atoms with Gasteiger partial charge in [0.05, 0.1) is 31.9 Å². The summed E-state index contributed by atoms with van der Waals surface area (Å²) < 4.78 is 49.9. The van der Waals surface area contributed by atoms with Crippen LogP contribution in [-0.4, -0.2) is 60.8 Å². The molecule has 0 N–H and O–H groups in total. The molecule has 0 aromatic heterocycles. The van der Waals surface area contributed by atoms with E-state index in [0.717, 1.165) is 29.7 Å². The molecule has 0 fully saturated rings. The second-order valence-corrected chi connectivity index (χ2v) is 10.7. The highest BCUT2D eigenvalue weighted by atomic mass is 32.2. The molecule has 0 bridgehead atoms. The van der Waals surface area contributed by atoms with Gasteiger partial charge in [-0.2, -0.15) is 0 Å². The van der Waals surface area contributed by atoms with Gasteiger partial charge in [0.25, 0.3) is 15.9 Å². The van der Waals surface area contributed by atoms with Gasteiger partial charge in [0.2, 0.25) is 5.75 Å². The molecule has 10 heteroatoms. The van der Waals surface area contributed by atoms with Crippen LogP contribution in [0.15, 0.2) is 65.6 Å². The number of methoxy groups -OCH3 is 3. The maximum absolute atomic E-state index is 13.3. The Morgan fingerprint density at radius 1 is 0.947 bits per heavy atom. The summed E-state index contributed by atoms with van der Waals surface area (Å²) >= 11 is 0. The van der Waals surface area contributed by atoms with E-state index < -0.39 is 10.0 Å². The van der Waals surface area contributed by atoms with Gasteiger partial charge < -0.3 is 23.8 Å². The Labute approximate surface area is 223 Å². The minimum atomic E-state index is -3.71. The normalized spacial score (nSPS) is 12.9. The fourth-order valence-corrected chi connectivity index (χ4v) is 5.97. The third kappa shape index (κ3) is 5.65. The van der Waals surface area contributed by atoms with E-state index in [9.17, 15) is 13.2 Å². The maximum atomic E-state index is 13.3. The van der Waals surface area contributed by atoms with Crippen LogP contribution in [0.1, 0.15) is 17.5 Å². The number of hydrogen-bond donors (Lipinski definition) is 0. The number of carbonyl (C=O) groups excluding carboxylic acids is 1. The van der Waals surface area contributed by atoms with Crippen LogP contribution in [0.5, 0.6) is 23.0 Å². The number of sulfonamides is 1. The van der Waals surface area contributed by atoms with Crippen molar-refractivity contribution in [1.82, 2.24) is 4.90 Å². The van der Waals surface area contributed by atoms with Crippen LogP contribution in [0.2, 0.25) is 0 Å². The van der Waals surface area contributed by atoms with Crippen molar-refractivity contribution in [2.24, 2.45) is 0 Å². The number of hydrogen-bond acceptors (Lipinski definition) is 7. The Balaban J connectivity index is 1.39. The molecule has 3 aromatic rings. The molecular formula is C28H32N2O7S. The maximum Gasteiger partial charge on any atom is 0.264 e. The number of anilines is 1. The Bertz CT molecular complexity index is 1370. The van der Waals surface area contributed by atoms with Crippen molar-refractivity contribution in [3.05, 3.63) is 71.8 Å². The van der Waals surface area contributed by atoms with Crippen LogP contribution < -0.4 is 23.3 Å². The smallest absolute Gasteiger partial charge is 0.264 e. The molecule has 0 saturated heterocycles. The molecular weight excluding hydrogens is 508 g/mol. The first kappa shape index (κ1) is 27.1. The highest BCUT2D eigenvalue weighted by molar-refractivity contribution is 7.92. The molecule has 1 heterocycles. The van der Waals surface area contributed by atoms with E-state index in [1.165, 1.54) is 42.7 Å². The molecule has 0 aliphatic carbocycles. The molecule has 0 spiro atoms. The highest BCUT2D eigenvalue weighted by Gasteiger charge is 2.29. The molecule has 1 amide bonds. The van der Waals surface area contributed by atoms with Crippen LogP contribution in [0, 0.1) is 0 Å². The van der Waals surface area contributed by atoms with E-state index in [-0.39, 0.29) is 17.4 Å². The van der Waals surface area contributed by atoms with Crippen molar-refractivity contribution in [3.8, 4) is 23.0 Å². The number of likely N-dealkylation sites (N-methyl/N-ethyl adjacent to an activating group) is 1. The van der Waals surface area contributed by atoms with Crippen LogP contribution in [0.25, 0.3) is 0 Å². The number of ether oxygens (including phenoxy) is 4. The van der Waals surface area contributed by atoms with Crippen LogP contribution in [-0.2, 0) is 27.8 Å². The van der Waals surface area contributed by atoms with Crippen LogP contribution >= 0.6 is 0 Å². The number of carbonyl (C=O) groups is 1. The zero-order chi connectivity index (χ0) is 27.3. The molecule has 38 heavy (non-hydrogen) atoms. The van der Waals surface area contributed by atoms with Crippen molar-refractivity contribution in [2.75, 3.05) is 45.8 Å². The Hall–Kier alpha value is -3.92. The van der Waals surface area contributed by atoms with E-state index in [1.807, 2.05) is 24.3 Å². The van der Waals surface area contributed by atoms with Crippen molar-refractivity contribution in [3.63, 3.8) is 0 Å². The summed E-state index contributed by atoms with van der Waals surface area (Å²) in [4.78, 5) is 14.4. The summed E-state index contributed by atoms with van der Waals surface area (Å²) in [6.45, 7) is 0.532.